The summed E-state index contributed by atoms with van der Waals surface area (Å²) in [6.07, 6.45) is 3.76. The Labute approximate surface area is 108 Å². The molecule has 1 atom stereocenters. The fraction of sp³-hybridized carbons (Fsp3) is 0.500. The molecule has 0 bridgehead atoms. The lowest BCUT2D eigenvalue weighted by Gasteiger charge is -2.31. The molecule has 1 aliphatic carbocycles. The Hall–Kier alpha value is -1.55. The number of hydrazine groups is 1. The first-order valence-corrected chi connectivity index (χ1v) is 6.50. The quantitative estimate of drug-likeness (QED) is 0.564. The van der Waals surface area contributed by atoms with Gasteiger partial charge in [0.25, 0.3) is 5.91 Å². The number of hydrogen-bond donors (Lipinski definition) is 3. The van der Waals surface area contributed by atoms with E-state index in [0.717, 1.165) is 11.3 Å². The molecule has 0 aromatic heterocycles. The number of nitrogen functional groups attached to an aromatic ring is 1. The maximum atomic E-state index is 12.1. The van der Waals surface area contributed by atoms with E-state index in [-0.39, 0.29) is 11.9 Å². The summed E-state index contributed by atoms with van der Waals surface area (Å²) >= 11 is 0. The number of carbonyl (C=O) groups excluding carboxylic acids is 1. The van der Waals surface area contributed by atoms with Crippen LogP contribution in [0.3, 0.4) is 0 Å². The third-order valence-corrected chi connectivity index (χ3v) is 3.86. The molecule has 0 saturated heterocycles. The molecule has 1 unspecified atom stereocenters. The predicted octanol–water partition coefficient (Wildman–Crippen LogP) is 2.20. The number of hydrogen-bond acceptors (Lipinski definition) is 3. The maximum Gasteiger partial charge on any atom is 0.251 e. The molecule has 0 heterocycles. The second-order valence-electron chi connectivity index (χ2n) is 5.13. The smallest absolute Gasteiger partial charge is 0.251 e. The molecule has 18 heavy (non-hydrogen) atoms. The summed E-state index contributed by atoms with van der Waals surface area (Å²) in [5.74, 6) is 6.03. The highest BCUT2D eigenvalue weighted by molar-refractivity contribution is 5.95. The highest BCUT2D eigenvalue weighted by Crippen LogP contribution is 2.29. The van der Waals surface area contributed by atoms with E-state index in [9.17, 15) is 4.79 Å². The SMILES string of the molecule is Cc1cc(C(=O)NC(C)C2CCC2)ccc1NN. The highest BCUT2D eigenvalue weighted by Gasteiger charge is 2.25. The topological polar surface area (TPSA) is 67.2 Å². The molecule has 4 heteroatoms. The van der Waals surface area contributed by atoms with Gasteiger partial charge in [-0.2, -0.15) is 0 Å². The fourth-order valence-corrected chi connectivity index (χ4v) is 2.31. The predicted molar refractivity (Wildman–Crippen MR) is 73.3 cm³/mol. The van der Waals surface area contributed by atoms with Gasteiger partial charge in [0, 0.05) is 11.6 Å². The van der Waals surface area contributed by atoms with Gasteiger partial charge in [-0.25, -0.2) is 0 Å². The largest absolute Gasteiger partial charge is 0.349 e. The number of nitrogens with one attached hydrogen (secondary N) is 2. The van der Waals surface area contributed by atoms with Crippen molar-refractivity contribution in [1.29, 1.82) is 0 Å². The van der Waals surface area contributed by atoms with Crippen molar-refractivity contribution in [2.24, 2.45) is 11.8 Å². The van der Waals surface area contributed by atoms with Crippen LogP contribution in [0.1, 0.15) is 42.1 Å². The van der Waals surface area contributed by atoms with Gasteiger partial charge in [-0.05, 0) is 56.4 Å². The lowest BCUT2D eigenvalue weighted by atomic mass is 9.80. The Kier molecular flexibility index (Phi) is 3.87. The van der Waals surface area contributed by atoms with Crippen LogP contribution >= 0.6 is 0 Å². The molecular formula is C14H21N3O. The van der Waals surface area contributed by atoms with E-state index >= 15 is 0 Å². The molecule has 98 valence electrons. The van der Waals surface area contributed by atoms with Gasteiger partial charge < -0.3 is 10.7 Å². The molecule has 1 aromatic carbocycles. The number of rotatable bonds is 4. The molecule has 1 aliphatic rings. The molecule has 0 spiro atoms. The Balaban J connectivity index is 2.01. The summed E-state index contributed by atoms with van der Waals surface area (Å²) in [5, 5.41) is 3.07. The fourth-order valence-electron chi connectivity index (χ4n) is 2.31. The number of amides is 1. The van der Waals surface area contributed by atoms with Gasteiger partial charge in [-0.1, -0.05) is 6.42 Å². The van der Waals surface area contributed by atoms with Crippen LogP contribution in [-0.2, 0) is 0 Å². The molecule has 4 N–H and O–H groups in total. The standard InChI is InChI=1S/C14H21N3O/c1-9-8-12(6-7-13(9)17-15)14(18)16-10(2)11-4-3-5-11/h6-8,10-11,17H,3-5,15H2,1-2H3,(H,16,18). The molecule has 1 amide bonds. The van der Waals surface area contributed by atoms with Crippen LogP contribution in [0.15, 0.2) is 18.2 Å². The summed E-state index contributed by atoms with van der Waals surface area (Å²) in [7, 11) is 0. The zero-order chi connectivity index (χ0) is 13.1. The summed E-state index contributed by atoms with van der Waals surface area (Å²) in [6, 6.07) is 5.75. The van der Waals surface area contributed by atoms with E-state index in [4.69, 9.17) is 5.84 Å². The maximum absolute atomic E-state index is 12.1. The van der Waals surface area contributed by atoms with Crippen LogP contribution in [0.2, 0.25) is 0 Å². The van der Waals surface area contributed by atoms with Crippen molar-refractivity contribution in [1.82, 2.24) is 5.32 Å². The van der Waals surface area contributed by atoms with Crippen LogP contribution < -0.4 is 16.6 Å². The first-order chi connectivity index (χ1) is 8.61. The van der Waals surface area contributed by atoms with Crippen molar-refractivity contribution in [2.75, 3.05) is 5.43 Å². The summed E-state index contributed by atoms with van der Waals surface area (Å²) < 4.78 is 0. The first-order valence-electron chi connectivity index (χ1n) is 6.50. The molecule has 0 radical (unpaired) electrons. The second-order valence-corrected chi connectivity index (χ2v) is 5.13. The van der Waals surface area contributed by atoms with Crippen molar-refractivity contribution in [2.45, 2.75) is 39.2 Å². The Morgan fingerprint density at radius 3 is 2.67 bits per heavy atom. The van der Waals surface area contributed by atoms with E-state index in [1.807, 2.05) is 19.1 Å². The van der Waals surface area contributed by atoms with Gasteiger partial charge in [0.1, 0.15) is 0 Å². The van der Waals surface area contributed by atoms with E-state index in [1.54, 1.807) is 6.07 Å². The van der Waals surface area contributed by atoms with Gasteiger partial charge in [0.05, 0.1) is 5.69 Å². The summed E-state index contributed by atoms with van der Waals surface area (Å²) in [5.41, 5.74) is 5.12. The minimum atomic E-state index is 0.000992. The number of benzene rings is 1. The van der Waals surface area contributed by atoms with Crippen molar-refractivity contribution < 1.29 is 4.79 Å². The molecule has 2 rings (SSSR count). The number of anilines is 1. The lowest BCUT2D eigenvalue weighted by molar-refractivity contribution is 0.0909. The molecular weight excluding hydrogens is 226 g/mol. The normalized spacial score (nSPS) is 16.8. The van der Waals surface area contributed by atoms with Crippen LogP contribution in [0.4, 0.5) is 5.69 Å². The van der Waals surface area contributed by atoms with Gasteiger partial charge in [0.2, 0.25) is 0 Å². The number of aryl methyl sites for hydroxylation is 1. The van der Waals surface area contributed by atoms with Crippen molar-refractivity contribution >= 4 is 11.6 Å². The lowest BCUT2D eigenvalue weighted by Crippen LogP contribution is -2.40. The Morgan fingerprint density at radius 1 is 1.44 bits per heavy atom. The van der Waals surface area contributed by atoms with E-state index in [0.29, 0.717) is 11.5 Å². The number of nitrogens with two attached hydrogens (primary N) is 1. The van der Waals surface area contributed by atoms with Gasteiger partial charge in [-0.3, -0.25) is 10.6 Å². The molecule has 0 aliphatic heterocycles. The third kappa shape index (κ3) is 2.64. The van der Waals surface area contributed by atoms with Crippen LogP contribution in [0, 0.1) is 12.8 Å². The van der Waals surface area contributed by atoms with Gasteiger partial charge in [0.15, 0.2) is 0 Å². The Morgan fingerprint density at radius 2 is 2.17 bits per heavy atom. The zero-order valence-corrected chi connectivity index (χ0v) is 11.0. The summed E-state index contributed by atoms with van der Waals surface area (Å²) in [4.78, 5) is 12.1. The Bertz CT molecular complexity index is 441. The minimum absolute atomic E-state index is 0.000992. The molecule has 1 fully saturated rings. The molecule has 4 nitrogen and oxygen atoms in total. The van der Waals surface area contributed by atoms with E-state index < -0.39 is 0 Å². The van der Waals surface area contributed by atoms with E-state index in [1.165, 1.54) is 19.3 Å². The van der Waals surface area contributed by atoms with Gasteiger partial charge >= 0.3 is 0 Å². The first kappa shape index (κ1) is 12.9. The highest BCUT2D eigenvalue weighted by atomic mass is 16.1. The monoisotopic (exact) mass is 247 g/mol. The van der Waals surface area contributed by atoms with Crippen molar-refractivity contribution in [3.05, 3.63) is 29.3 Å². The van der Waals surface area contributed by atoms with Crippen LogP contribution in [0.25, 0.3) is 0 Å². The van der Waals surface area contributed by atoms with Gasteiger partial charge in [-0.15, -0.1) is 0 Å². The minimum Gasteiger partial charge on any atom is -0.349 e. The average Bonchev–Trinajstić information content (AvgIpc) is 2.26. The van der Waals surface area contributed by atoms with Crippen LogP contribution in [0.5, 0.6) is 0 Å². The molecule has 1 saturated carbocycles. The summed E-state index contributed by atoms with van der Waals surface area (Å²) in [6.45, 7) is 4.02. The third-order valence-electron chi connectivity index (χ3n) is 3.86. The zero-order valence-electron chi connectivity index (χ0n) is 11.0. The average molecular weight is 247 g/mol. The van der Waals surface area contributed by atoms with E-state index in [2.05, 4.69) is 17.7 Å². The second kappa shape index (κ2) is 5.40. The molecule has 1 aromatic rings. The number of carbonyl (C=O) groups is 1. The van der Waals surface area contributed by atoms with Crippen molar-refractivity contribution in [3.63, 3.8) is 0 Å². The van der Waals surface area contributed by atoms with Crippen molar-refractivity contribution in [3.8, 4) is 0 Å². The van der Waals surface area contributed by atoms with Crippen LogP contribution in [-0.4, -0.2) is 11.9 Å².